The lowest BCUT2D eigenvalue weighted by Crippen LogP contribution is -1.92. The van der Waals surface area contributed by atoms with E-state index in [2.05, 4.69) is 11.4 Å². The number of rotatable bonds is 15. The number of phosphoric ester groups is 1. The molecule has 5 nitrogen and oxygen atoms in total. The molecule has 0 aliphatic carbocycles. The molecular weight excluding hydrogens is 339 g/mol. The minimum Gasteiger partial charge on any atom is -0.381 e. The third-order valence-electron chi connectivity index (χ3n) is 4.33. The summed E-state index contributed by atoms with van der Waals surface area (Å²) in [4.78, 5) is 17.0. The molecule has 0 atom stereocenters. The monoisotopic (exact) mass is 380 g/mol. The fraction of sp³-hybridized carbons (Fsp3) is 1.00. The van der Waals surface area contributed by atoms with Gasteiger partial charge in [0.25, 0.3) is 0 Å². The minimum atomic E-state index is -4.25. The van der Waals surface area contributed by atoms with Gasteiger partial charge in [-0.25, -0.2) is 4.57 Å². The summed E-state index contributed by atoms with van der Waals surface area (Å²) in [6, 6.07) is 0. The smallest absolute Gasteiger partial charge is 0.381 e. The van der Waals surface area contributed by atoms with E-state index in [4.69, 9.17) is 14.5 Å². The van der Waals surface area contributed by atoms with Gasteiger partial charge >= 0.3 is 7.82 Å². The molecule has 1 fully saturated rings. The summed E-state index contributed by atoms with van der Waals surface area (Å²) in [5.41, 5.74) is 0. The molecule has 1 rings (SSSR count). The molecule has 152 valence electrons. The van der Waals surface area contributed by atoms with Crippen LogP contribution in [0, 0.1) is 0 Å². The van der Waals surface area contributed by atoms with Crippen molar-refractivity contribution < 1.29 is 23.6 Å². The van der Waals surface area contributed by atoms with Crippen LogP contribution in [-0.2, 0) is 13.8 Å². The van der Waals surface area contributed by atoms with Crippen LogP contribution in [0.5, 0.6) is 0 Å². The average Bonchev–Trinajstić information content (AvgIpc) is 3.14. The molecule has 1 aliphatic heterocycles. The highest BCUT2D eigenvalue weighted by molar-refractivity contribution is 7.46. The van der Waals surface area contributed by atoms with Crippen LogP contribution >= 0.6 is 7.82 Å². The summed E-state index contributed by atoms with van der Waals surface area (Å²) in [6.45, 7) is 4.42. The van der Waals surface area contributed by atoms with E-state index in [1.807, 2.05) is 0 Å². The third kappa shape index (κ3) is 24.1. The van der Waals surface area contributed by atoms with Gasteiger partial charge in [-0.15, -0.1) is 0 Å². The second-order valence-electron chi connectivity index (χ2n) is 6.89. The molecule has 0 aromatic rings. The van der Waals surface area contributed by atoms with Crippen LogP contribution in [0.25, 0.3) is 0 Å². The molecule has 0 amide bonds. The Labute approximate surface area is 155 Å². The van der Waals surface area contributed by atoms with Crippen molar-refractivity contribution in [3.63, 3.8) is 0 Å². The van der Waals surface area contributed by atoms with Crippen LogP contribution in [0.4, 0.5) is 0 Å². The summed E-state index contributed by atoms with van der Waals surface area (Å²) >= 11 is 0. The Kier molecular flexibility index (Phi) is 18.9. The highest BCUT2D eigenvalue weighted by Gasteiger charge is 2.12. The molecule has 2 N–H and O–H groups in total. The number of phosphoric acid groups is 1. The Morgan fingerprint density at radius 2 is 1.16 bits per heavy atom. The van der Waals surface area contributed by atoms with Crippen LogP contribution in [0.1, 0.15) is 103 Å². The predicted molar refractivity (Wildman–Crippen MR) is 104 cm³/mol. The van der Waals surface area contributed by atoms with Gasteiger partial charge in [-0.3, -0.25) is 4.52 Å². The van der Waals surface area contributed by atoms with Crippen molar-refractivity contribution in [1.82, 2.24) is 0 Å². The lowest BCUT2D eigenvalue weighted by molar-refractivity contribution is 0.193. The Bertz CT molecular complexity index is 295. The normalized spacial score (nSPS) is 14.4. The minimum absolute atomic E-state index is 0.169. The Morgan fingerprint density at radius 1 is 0.760 bits per heavy atom. The third-order valence-corrected chi connectivity index (χ3v) is 4.85. The van der Waals surface area contributed by atoms with Gasteiger partial charge < -0.3 is 14.5 Å². The Balaban J connectivity index is 0.000000972. The highest BCUT2D eigenvalue weighted by Crippen LogP contribution is 2.35. The molecule has 0 unspecified atom stereocenters. The van der Waals surface area contributed by atoms with Crippen molar-refractivity contribution in [2.24, 2.45) is 0 Å². The quantitative estimate of drug-likeness (QED) is 0.270. The maximum atomic E-state index is 10.4. The summed E-state index contributed by atoms with van der Waals surface area (Å²) in [7, 11) is -4.25. The number of hydrogen-bond donors (Lipinski definition) is 2. The second-order valence-corrected chi connectivity index (χ2v) is 8.13. The number of hydrogen-bond acceptors (Lipinski definition) is 3. The van der Waals surface area contributed by atoms with Gasteiger partial charge in [-0.05, 0) is 19.3 Å². The van der Waals surface area contributed by atoms with E-state index in [0.29, 0.717) is 0 Å². The summed E-state index contributed by atoms with van der Waals surface area (Å²) < 4.78 is 19.8. The van der Waals surface area contributed by atoms with Gasteiger partial charge in [0.1, 0.15) is 0 Å². The van der Waals surface area contributed by atoms with E-state index >= 15 is 0 Å². The molecule has 0 bridgehead atoms. The van der Waals surface area contributed by atoms with Crippen molar-refractivity contribution in [3.8, 4) is 0 Å². The first-order valence-electron chi connectivity index (χ1n) is 10.3. The first-order chi connectivity index (χ1) is 12.1. The maximum absolute atomic E-state index is 10.4. The summed E-state index contributed by atoms with van der Waals surface area (Å²) in [5.74, 6) is 0. The molecule has 1 heterocycles. The van der Waals surface area contributed by atoms with Crippen LogP contribution in [0.2, 0.25) is 0 Å². The molecule has 0 saturated carbocycles. The second kappa shape index (κ2) is 18.8. The zero-order valence-corrected chi connectivity index (χ0v) is 17.2. The van der Waals surface area contributed by atoms with Crippen molar-refractivity contribution in [1.29, 1.82) is 0 Å². The summed E-state index contributed by atoms with van der Waals surface area (Å²) in [5, 5.41) is 0. The van der Waals surface area contributed by atoms with Crippen LogP contribution in [0.15, 0.2) is 0 Å². The Morgan fingerprint density at radius 3 is 1.48 bits per heavy atom. The SMILES string of the molecule is C1CCOC1.CCCCCCCCCCCCCCCOP(=O)(O)O. The molecule has 6 heteroatoms. The number of ether oxygens (including phenoxy) is 1. The highest BCUT2D eigenvalue weighted by atomic mass is 31.2. The predicted octanol–water partition coefficient (Wildman–Crippen LogP) is 5.98. The first kappa shape index (κ1) is 25.1. The van der Waals surface area contributed by atoms with Crippen LogP contribution < -0.4 is 0 Å². The van der Waals surface area contributed by atoms with Crippen molar-refractivity contribution >= 4 is 7.82 Å². The molecule has 1 aliphatic rings. The molecule has 0 radical (unpaired) electrons. The molecule has 0 spiro atoms. The average molecular weight is 381 g/mol. The van der Waals surface area contributed by atoms with Gasteiger partial charge in [0, 0.05) is 13.2 Å². The van der Waals surface area contributed by atoms with E-state index in [1.165, 1.54) is 77.0 Å². The van der Waals surface area contributed by atoms with Crippen LogP contribution in [0.3, 0.4) is 0 Å². The first-order valence-corrected chi connectivity index (χ1v) is 11.9. The van der Waals surface area contributed by atoms with E-state index in [-0.39, 0.29) is 6.61 Å². The van der Waals surface area contributed by atoms with Gasteiger partial charge in [0.2, 0.25) is 0 Å². The summed E-state index contributed by atoms with van der Waals surface area (Å²) in [6.07, 6.45) is 18.9. The molecular formula is C19H41O5P. The fourth-order valence-corrected chi connectivity index (χ4v) is 3.18. The van der Waals surface area contributed by atoms with E-state index in [1.54, 1.807) is 0 Å². The van der Waals surface area contributed by atoms with E-state index in [9.17, 15) is 4.57 Å². The standard InChI is InChI=1S/C15H33O4P.C4H8O/c1-2-3-4-5-6-7-8-9-10-11-12-13-14-15-19-20(16,17)18;1-2-4-5-3-1/h2-15H2,1H3,(H2,16,17,18);1-4H2. The van der Waals surface area contributed by atoms with Crippen molar-refractivity contribution in [3.05, 3.63) is 0 Å². The molecule has 25 heavy (non-hydrogen) atoms. The van der Waals surface area contributed by atoms with Gasteiger partial charge in [-0.2, -0.15) is 0 Å². The topological polar surface area (TPSA) is 76.0 Å². The lowest BCUT2D eigenvalue weighted by Gasteiger charge is -2.05. The van der Waals surface area contributed by atoms with E-state index < -0.39 is 7.82 Å². The molecule has 0 aromatic heterocycles. The molecule has 1 saturated heterocycles. The molecule has 0 aromatic carbocycles. The van der Waals surface area contributed by atoms with Crippen molar-refractivity contribution in [2.75, 3.05) is 19.8 Å². The Hall–Kier alpha value is 0.0700. The number of unbranched alkanes of at least 4 members (excludes halogenated alkanes) is 12. The maximum Gasteiger partial charge on any atom is 0.469 e. The zero-order chi connectivity index (χ0) is 18.6. The lowest BCUT2D eigenvalue weighted by atomic mass is 10.0. The largest absolute Gasteiger partial charge is 0.469 e. The van der Waals surface area contributed by atoms with Gasteiger partial charge in [0.15, 0.2) is 0 Å². The van der Waals surface area contributed by atoms with Crippen molar-refractivity contribution in [2.45, 2.75) is 103 Å². The van der Waals surface area contributed by atoms with E-state index in [0.717, 1.165) is 32.5 Å². The van der Waals surface area contributed by atoms with Gasteiger partial charge in [0.05, 0.1) is 6.61 Å². The van der Waals surface area contributed by atoms with Crippen LogP contribution in [-0.4, -0.2) is 29.6 Å². The zero-order valence-electron chi connectivity index (χ0n) is 16.3. The van der Waals surface area contributed by atoms with Gasteiger partial charge in [-0.1, -0.05) is 84.0 Å². The fourth-order valence-electron chi connectivity index (χ4n) is 2.81.